The Labute approximate surface area is 137 Å². The Hall–Kier alpha value is -0.830. The van der Waals surface area contributed by atoms with E-state index in [1.807, 2.05) is 24.7 Å². The van der Waals surface area contributed by atoms with Gasteiger partial charge < -0.3 is 15.7 Å². The number of guanidine groups is 1. The zero-order valence-electron chi connectivity index (χ0n) is 12.1. The van der Waals surface area contributed by atoms with Crippen molar-refractivity contribution in [2.45, 2.75) is 38.3 Å². The van der Waals surface area contributed by atoms with E-state index in [1.165, 1.54) is 0 Å². The lowest BCUT2D eigenvalue weighted by Crippen LogP contribution is -2.50. The van der Waals surface area contributed by atoms with Crippen LogP contribution >= 0.6 is 24.0 Å². The van der Waals surface area contributed by atoms with Crippen molar-refractivity contribution >= 4 is 29.9 Å². The van der Waals surface area contributed by atoms with Crippen molar-refractivity contribution in [3.63, 3.8) is 0 Å². The minimum absolute atomic E-state index is 0. The van der Waals surface area contributed by atoms with Gasteiger partial charge in [0.1, 0.15) is 0 Å². The van der Waals surface area contributed by atoms with E-state index in [0.29, 0.717) is 13.1 Å². The third-order valence-corrected chi connectivity index (χ3v) is 3.54. The fourth-order valence-corrected chi connectivity index (χ4v) is 2.07. The molecule has 7 heteroatoms. The standard InChI is InChI=1S/C13H23N5O.HI/c1-3-14-12(16-10-13(19)6-4-7-13)15-9-11-5-8-17-18(11)2;/h5,8,19H,3-4,6-7,9-10H2,1-2H3,(H2,14,15,16);1H. The second-order valence-electron chi connectivity index (χ2n) is 5.07. The van der Waals surface area contributed by atoms with E-state index in [1.54, 1.807) is 6.20 Å². The number of aliphatic imine (C=N–C) groups is 1. The Balaban J connectivity index is 0.00000200. The Morgan fingerprint density at radius 2 is 2.25 bits per heavy atom. The number of aromatic nitrogens is 2. The Kier molecular flexibility index (Phi) is 6.74. The van der Waals surface area contributed by atoms with E-state index in [4.69, 9.17) is 0 Å². The van der Waals surface area contributed by atoms with E-state index in [9.17, 15) is 5.11 Å². The van der Waals surface area contributed by atoms with Crippen LogP contribution < -0.4 is 10.6 Å². The van der Waals surface area contributed by atoms with Crippen molar-refractivity contribution in [1.82, 2.24) is 20.4 Å². The SMILES string of the molecule is CCNC(=NCc1ccnn1C)NCC1(O)CCC1.I. The van der Waals surface area contributed by atoms with Crippen LogP contribution in [0.15, 0.2) is 17.3 Å². The molecule has 0 saturated heterocycles. The molecule has 1 aromatic rings. The van der Waals surface area contributed by atoms with Crippen molar-refractivity contribution in [3.05, 3.63) is 18.0 Å². The van der Waals surface area contributed by atoms with Crippen LogP contribution in [0, 0.1) is 0 Å². The minimum atomic E-state index is -0.539. The molecule has 0 radical (unpaired) electrons. The summed E-state index contributed by atoms with van der Waals surface area (Å²) < 4.78 is 1.81. The molecule has 6 nitrogen and oxygen atoms in total. The molecular formula is C13H24IN5O. The lowest BCUT2D eigenvalue weighted by Gasteiger charge is -2.36. The predicted molar refractivity (Wildman–Crippen MR) is 90.2 cm³/mol. The van der Waals surface area contributed by atoms with Gasteiger partial charge in [0.05, 0.1) is 17.8 Å². The molecule has 0 spiro atoms. The summed E-state index contributed by atoms with van der Waals surface area (Å²) in [5, 5.41) is 20.6. The van der Waals surface area contributed by atoms with Gasteiger partial charge >= 0.3 is 0 Å². The maximum Gasteiger partial charge on any atom is 0.191 e. The van der Waals surface area contributed by atoms with E-state index < -0.39 is 5.60 Å². The van der Waals surface area contributed by atoms with Gasteiger partial charge in [0.2, 0.25) is 0 Å². The van der Waals surface area contributed by atoms with Crippen LogP contribution in [0.25, 0.3) is 0 Å². The summed E-state index contributed by atoms with van der Waals surface area (Å²) in [6.45, 7) is 3.96. The van der Waals surface area contributed by atoms with E-state index in [0.717, 1.165) is 37.5 Å². The Morgan fingerprint density at radius 3 is 2.75 bits per heavy atom. The van der Waals surface area contributed by atoms with Crippen LogP contribution in [0.2, 0.25) is 0 Å². The quantitative estimate of drug-likeness (QED) is 0.397. The van der Waals surface area contributed by atoms with Gasteiger partial charge in [-0.1, -0.05) is 0 Å². The van der Waals surface area contributed by atoms with E-state index >= 15 is 0 Å². The van der Waals surface area contributed by atoms with Crippen molar-refractivity contribution < 1.29 is 5.11 Å². The first-order valence-electron chi connectivity index (χ1n) is 6.84. The highest BCUT2D eigenvalue weighted by Gasteiger charge is 2.34. The van der Waals surface area contributed by atoms with E-state index in [-0.39, 0.29) is 24.0 Å². The maximum absolute atomic E-state index is 10.1. The van der Waals surface area contributed by atoms with Gasteiger partial charge in [0.15, 0.2) is 5.96 Å². The maximum atomic E-state index is 10.1. The normalized spacial score (nSPS) is 17.1. The summed E-state index contributed by atoms with van der Waals surface area (Å²) in [6, 6.07) is 1.95. The van der Waals surface area contributed by atoms with Crippen LogP contribution in [-0.4, -0.2) is 39.5 Å². The highest BCUT2D eigenvalue weighted by molar-refractivity contribution is 14.0. The molecule has 0 aliphatic heterocycles. The number of nitrogens with zero attached hydrogens (tertiary/aromatic N) is 3. The van der Waals surface area contributed by atoms with Crippen LogP contribution in [0.5, 0.6) is 0 Å². The molecule has 0 amide bonds. The second kappa shape index (κ2) is 7.82. The zero-order chi connectivity index (χ0) is 13.7. The number of hydrogen-bond donors (Lipinski definition) is 3. The minimum Gasteiger partial charge on any atom is -0.388 e. The topological polar surface area (TPSA) is 74.5 Å². The summed E-state index contributed by atoms with van der Waals surface area (Å²) in [5.41, 5.74) is 0.516. The third-order valence-electron chi connectivity index (χ3n) is 3.54. The van der Waals surface area contributed by atoms with Crippen molar-refractivity contribution in [2.24, 2.45) is 12.0 Å². The Morgan fingerprint density at radius 1 is 1.50 bits per heavy atom. The molecule has 0 unspecified atom stereocenters. The summed E-state index contributed by atoms with van der Waals surface area (Å²) in [7, 11) is 1.91. The summed E-state index contributed by atoms with van der Waals surface area (Å²) in [6.07, 6.45) is 4.63. The third kappa shape index (κ3) is 4.62. The first-order valence-corrected chi connectivity index (χ1v) is 6.84. The molecule has 1 aromatic heterocycles. The molecule has 0 bridgehead atoms. The van der Waals surface area contributed by atoms with Crippen LogP contribution in [0.4, 0.5) is 0 Å². The molecule has 0 atom stereocenters. The molecule has 0 aromatic carbocycles. The van der Waals surface area contributed by atoms with Gasteiger partial charge in [-0.3, -0.25) is 4.68 Å². The fraction of sp³-hybridized carbons (Fsp3) is 0.692. The lowest BCUT2D eigenvalue weighted by molar-refractivity contribution is -0.0279. The average molecular weight is 393 g/mol. The van der Waals surface area contributed by atoms with Gasteiger partial charge in [0, 0.05) is 26.3 Å². The fourth-order valence-electron chi connectivity index (χ4n) is 2.07. The molecule has 20 heavy (non-hydrogen) atoms. The first kappa shape index (κ1) is 17.2. The average Bonchev–Trinajstić information content (AvgIpc) is 2.76. The monoisotopic (exact) mass is 393 g/mol. The molecule has 1 aliphatic rings. The number of hydrogen-bond acceptors (Lipinski definition) is 3. The molecular weight excluding hydrogens is 369 g/mol. The first-order chi connectivity index (χ1) is 9.13. The van der Waals surface area contributed by atoms with Gasteiger partial charge in [-0.2, -0.15) is 5.10 Å². The van der Waals surface area contributed by atoms with E-state index in [2.05, 4.69) is 20.7 Å². The Bertz CT molecular complexity index is 442. The number of nitrogens with one attached hydrogen (secondary N) is 2. The summed E-state index contributed by atoms with van der Waals surface area (Å²) >= 11 is 0. The summed E-state index contributed by atoms with van der Waals surface area (Å²) in [5.74, 6) is 0.740. The van der Waals surface area contributed by atoms with Crippen molar-refractivity contribution in [3.8, 4) is 0 Å². The molecule has 2 rings (SSSR count). The lowest BCUT2D eigenvalue weighted by atomic mass is 9.80. The van der Waals surface area contributed by atoms with Gasteiger partial charge in [-0.05, 0) is 32.3 Å². The molecule has 3 N–H and O–H groups in total. The highest BCUT2D eigenvalue weighted by atomic mass is 127. The van der Waals surface area contributed by atoms with Crippen molar-refractivity contribution in [2.75, 3.05) is 13.1 Å². The van der Waals surface area contributed by atoms with Gasteiger partial charge in [-0.15, -0.1) is 24.0 Å². The molecule has 1 heterocycles. The summed E-state index contributed by atoms with van der Waals surface area (Å²) in [4.78, 5) is 4.50. The zero-order valence-corrected chi connectivity index (χ0v) is 14.4. The number of aryl methyl sites for hydroxylation is 1. The number of halogens is 1. The molecule has 1 fully saturated rings. The smallest absolute Gasteiger partial charge is 0.191 e. The second-order valence-corrected chi connectivity index (χ2v) is 5.07. The molecule has 1 saturated carbocycles. The molecule has 114 valence electrons. The van der Waals surface area contributed by atoms with Gasteiger partial charge in [-0.25, -0.2) is 4.99 Å². The number of aliphatic hydroxyl groups is 1. The molecule has 1 aliphatic carbocycles. The predicted octanol–water partition coefficient (Wildman–Crippen LogP) is 1.01. The highest BCUT2D eigenvalue weighted by Crippen LogP contribution is 2.30. The van der Waals surface area contributed by atoms with Crippen LogP contribution in [0.3, 0.4) is 0 Å². The van der Waals surface area contributed by atoms with Crippen LogP contribution in [0.1, 0.15) is 31.9 Å². The van der Waals surface area contributed by atoms with Crippen LogP contribution in [-0.2, 0) is 13.6 Å². The van der Waals surface area contributed by atoms with Crippen molar-refractivity contribution in [1.29, 1.82) is 0 Å². The number of rotatable bonds is 5. The largest absolute Gasteiger partial charge is 0.388 e. The van der Waals surface area contributed by atoms with Gasteiger partial charge in [0.25, 0.3) is 0 Å².